The Balaban J connectivity index is 2.14. The zero-order valence-corrected chi connectivity index (χ0v) is 14.9. The average molecular weight is 319 g/mol. The number of benzene rings is 1. The molecule has 0 spiro atoms. The van der Waals surface area contributed by atoms with Crippen LogP contribution in [-0.2, 0) is 0 Å². The van der Waals surface area contributed by atoms with Gasteiger partial charge in [0.2, 0.25) is 0 Å². The molecule has 0 N–H and O–H groups in total. The number of hydrogen-bond acceptors (Lipinski definition) is 1. The molecule has 3 heteroatoms. The maximum atomic E-state index is 6.77. The van der Waals surface area contributed by atoms with Gasteiger partial charge >= 0.3 is 0 Å². The molecule has 1 aliphatic heterocycles. The maximum absolute atomic E-state index is 6.77. The highest BCUT2D eigenvalue weighted by Crippen LogP contribution is 2.54. The lowest BCUT2D eigenvalue weighted by Crippen LogP contribution is -2.22. The molecule has 0 aromatic heterocycles. The second-order valence-electron chi connectivity index (χ2n) is 5.97. The van der Waals surface area contributed by atoms with E-state index in [1.807, 2.05) is 11.8 Å². The van der Waals surface area contributed by atoms with Gasteiger partial charge in [-0.1, -0.05) is 55.1 Å². The van der Waals surface area contributed by atoms with Crippen LogP contribution in [0.15, 0.2) is 58.3 Å². The highest BCUT2D eigenvalue weighted by Gasteiger charge is 2.39. The Bertz CT molecular complexity index is 647. The van der Waals surface area contributed by atoms with Gasteiger partial charge in [0.1, 0.15) is 0 Å². The molecule has 0 radical (unpaired) electrons. The van der Waals surface area contributed by atoms with Gasteiger partial charge in [0.15, 0.2) is 7.38 Å². The molecule has 1 atom stereocenters. The fraction of sp³-hybridized carbons (Fsp3) is 0.294. The summed E-state index contributed by atoms with van der Waals surface area (Å²) in [6.07, 6.45) is 2.39. The van der Waals surface area contributed by atoms with Crippen molar-refractivity contribution < 1.29 is 0 Å². The molecule has 1 unspecified atom stereocenters. The molecule has 1 aromatic rings. The van der Waals surface area contributed by atoms with Gasteiger partial charge < -0.3 is 0 Å². The molecular formula is C17H19ClSSi. The van der Waals surface area contributed by atoms with Crippen LogP contribution in [0.25, 0.3) is 4.91 Å². The predicted molar refractivity (Wildman–Crippen MR) is 94.5 cm³/mol. The molecule has 0 fully saturated rings. The van der Waals surface area contributed by atoms with Crippen LogP contribution >= 0.6 is 22.8 Å². The molecule has 1 aromatic carbocycles. The SMILES string of the molecule is CC1=CC2SC(c3ccccc3)=C(C)C2=C1[Si](C)(C)Cl. The highest BCUT2D eigenvalue weighted by atomic mass is 35.6. The Kier molecular flexibility index (Phi) is 3.52. The lowest BCUT2D eigenvalue weighted by Gasteiger charge is -2.19. The summed E-state index contributed by atoms with van der Waals surface area (Å²) in [4.78, 5) is 1.42. The summed E-state index contributed by atoms with van der Waals surface area (Å²) in [6, 6.07) is 10.7. The van der Waals surface area contributed by atoms with Crippen LogP contribution < -0.4 is 0 Å². The standard InChI is InChI=1S/C17H19ClSSi/c1-11-10-14-15(17(11)20(3,4)18)12(2)16(19-14)13-8-6-5-7-9-13/h5-10,14H,1-4H3. The topological polar surface area (TPSA) is 0 Å². The minimum Gasteiger partial charge on any atom is -0.161 e. The van der Waals surface area contributed by atoms with E-state index in [-0.39, 0.29) is 0 Å². The zero-order chi connectivity index (χ0) is 14.5. The van der Waals surface area contributed by atoms with E-state index in [2.05, 4.69) is 63.3 Å². The second-order valence-corrected chi connectivity index (χ2v) is 13.4. The lowest BCUT2D eigenvalue weighted by atomic mass is 10.0. The first-order chi connectivity index (χ1) is 9.39. The van der Waals surface area contributed by atoms with E-state index >= 15 is 0 Å². The quantitative estimate of drug-likeness (QED) is 0.492. The van der Waals surface area contributed by atoms with Crippen molar-refractivity contribution in [2.75, 3.05) is 0 Å². The molecule has 0 bridgehead atoms. The summed E-state index contributed by atoms with van der Waals surface area (Å²) in [5.74, 6) is 0. The number of fused-ring (bicyclic) bond motifs is 1. The van der Waals surface area contributed by atoms with Crippen molar-refractivity contribution >= 4 is 35.1 Å². The van der Waals surface area contributed by atoms with Gasteiger partial charge in [-0.2, -0.15) is 11.1 Å². The number of hydrogen-bond donors (Lipinski definition) is 0. The second kappa shape index (κ2) is 4.94. The molecule has 0 amide bonds. The number of rotatable bonds is 2. The summed E-state index contributed by atoms with van der Waals surface area (Å²) in [5.41, 5.74) is 5.65. The van der Waals surface area contributed by atoms with Gasteiger partial charge in [0.05, 0.1) is 5.25 Å². The number of thioether (sulfide) groups is 1. The van der Waals surface area contributed by atoms with Crippen LogP contribution in [0.4, 0.5) is 0 Å². The van der Waals surface area contributed by atoms with Crippen LogP contribution in [0.1, 0.15) is 19.4 Å². The maximum Gasteiger partial charge on any atom is 0.181 e. The third-order valence-corrected chi connectivity index (χ3v) is 7.79. The largest absolute Gasteiger partial charge is 0.181 e. The third kappa shape index (κ3) is 2.24. The first-order valence-electron chi connectivity index (χ1n) is 6.95. The predicted octanol–water partition coefficient (Wildman–Crippen LogP) is 5.77. The molecule has 3 rings (SSSR count). The monoisotopic (exact) mass is 318 g/mol. The van der Waals surface area contributed by atoms with Crippen LogP contribution in [0.5, 0.6) is 0 Å². The lowest BCUT2D eigenvalue weighted by molar-refractivity contribution is 1.29. The van der Waals surface area contributed by atoms with E-state index in [4.69, 9.17) is 11.1 Å². The molecule has 0 saturated heterocycles. The van der Waals surface area contributed by atoms with Crippen molar-refractivity contribution in [3.8, 4) is 0 Å². The minimum atomic E-state index is -1.81. The van der Waals surface area contributed by atoms with Gasteiger partial charge in [-0.25, -0.2) is 0 Å². The van der Waals surface area contributed by atoms with E-state index in [0.717, 1.165) is 0 Å². The van der Waals surface area contributed by atoms with Crippen molar-refractivity contribution in [3.63, 3.8) is 0 Å². The summed E-state index contributed by atoms with van der Waals surface area (Å²) in [5, 5.41) is 1.94. The van der Waals surface area contributed by atoms with E-state index in [1.165, 1.54) is 32.4 Å². The van der Waals surface area contributed by atoms with Crippen LogP contribution in [0.2, 0.25) is 13.1 Å². The van der Waals surface area contributed by atoms with E-state index in [0.29, 0.717) is 5.25 Å². The Hall–Kier alpha value is -0.703. The summed E-state index contributed by atoms with van der Waals surface area (Å²) < 4.78 is 0. The van der Waals surface area contributed by atoms with Crippen LogP contribution in [-0.4, -0.2) is 12.6 Å². The van der Waals surface area contributed by atoms with Crippen molar-refractivity contribution in [2.24, 2.45) is 0 Å². The molecule has 1 aliphatic carbocycles. The van der Waals surface area contributed by atoms with E-state index in [1.54, 1.807) is 0 Å². The van der Waals surface area contributed by atoms with Gasteiger partial charge in [0, 0.05) is 4.91 Å². The van der Waals surface area contributed by atoms with Crippen molar-refractivity contribution in [3.05, 3.63) is 63.9 Å². The molecule has 20 heavy (non-hydrogen) atoms. The molecule has 104 valence electrons. The Morgan fingerprint density at radius 3 is 2.35 bits per heavy atom. The van der Waals surface area contributed by atoms with E-state index in [9.17, 15) is 0 Å². The normalized spacial score (nSPS) is 22.4. The van der Waals surface area contributed by atoms with Gasteiger partial charge in [-0.3, -0.25) is 0 Å². The molecular weight excluding hydrogens is 300 g/mol. The molecule has 0 nitrogen and oxygen atoms in total. The van der Waals surface area contributed by atoms with Gasteiger partial charge in [0.25, 0.3) is 0 Å². The summed E-state index contributed by atoms with van der Waals surface area (Å²) in [7, 11) is -1.81. The minimum absolute atomic E-state index is 0.478. The molecule has 2 aliphatic rings. The summed E-state index contributed by atoms with van der Waals surface area (Å²) >= 11 is 8.74. The first-order valence-corrected chi connectivity index (χ1v) is 11.8. The third-order valence-electron chi connectivity index (χ3n) is 3.97. The van der Waals surface area contributed by atoms with Crippen LogP contribution in [0, 0.1) is 0 Å². The number of allylic oxidation sites excluding steroid dienone is 3. The smallest absolute Gasteiger partial charge is 0.161 e. The Morgan fingerprint density at radius 2 is 1.75 bits per heavy atom. The molecule has 0 saturated carbocycles. The Labute approximate surface area is 131 Å². The first kappa shape index (κ1) is 14.2. The average Bonchev–Trinajstić information content (AvgIpc) is 2.86. The highest BCUT2D eigenvalue weighted by molar-refractivity contribution is 8.09. The van der Waals surface area contributed by atoms with Crippen molar-refractivity contribution in [1.29, 1.82) is 0 Å². The fourth-order valence-corrected chi connectivity index (χ4v) is 7.60. The Morgan fingerprint density at radius 1 is 1.10 bits per heavy atom. The molecule has 1 heterocycles. The fourth-order valence-electron chi connectivity index (χ4n) is 3.24. The summed E-state index contributed by atoms with van der Waals surface area (Å²) in [6.45, 7) is 8.94. The van der Waals surface area contributed by atoms with Crippen molar-refractivity contribution in [2.45, 2.75) is 32.2 Å². The van der Waals surface area contributed by atoms with Crippen LogP contribution in [0.3, 0.4) is 0 Å². The van der Waals surface area contributed by atoms with E-state index < -0.39 is 7.38 Å². The number of halogens is 1. The van der Waals surface area contributed by atoms with Crippen molar-refractivity contribution in [1.82, 2.24) is 0 Å². The zero-order valence-electron chi connectivity index (χ0n) is 12.3. The van der Waals surface area contributed by atoms with Gasteiger partial charge in [-0.15, -0.1) is 11.8 Å². The van der Waals surface area contributed by atoms with Gasteiger partial charge in [-0.05, 0) is 35.8 Å².